The lowest BCUT2D eigenvalue weighted by atomic mass is 10.0. The molecule has 1 aromatic heterocycles. The van der Waals surface area contributed by atoms with Crippen molar-refractivity contribution in [3.05, 3.63) is 65.5 Å². The first-order chi connectivity index (χ1) is 13.2. The van der Waals surface area contributed by atoms with E-state index in [0.717, 1.165) is 6.07 Å². The van der Waals surface area contributed by atoms with E-state index < -0.39 is 23.1 Å². The average Bonchev–Trinajstić information content (AvgIpc) is 3.09. The number of halogens is 3. The van der Waals surface area contributed by atoms with E-state index in [9.17, 15) is 17.4 Å². The molecule has 1 N–H and O–H groups in total. The van der Waals surface area contributed by atoms with Crippen molar-refractivity contribution in [1.82, 2.24) is 4.98 Å². The minimum Gasteiger partial charge on any atom is -0.487 e. The van der Waals surface area contributed by atoms with Crippen molar-refractivity contribution in [1.29, 1.82) is 0 Å². The van der Waals surface area contributed by atoms with Crippen LogP contribution in [0.3, 0.4) is 0 Å². The number of hydrogen-bond donors (Lipinski definition) is 1. The summed E-state index contributed by atoms with van der Waals surface area (Å²) >= 11 is -2.41. The number of rotatable bonds is 6. The van der Waals surface area contributed by atoms with Crippen molar-refractivity contribution in [2.45, 2.75) is 19.7 Å². The Hall–Kier alpha value is -2.85. The van der Waals surface area contributed by atoms with Crippen molar-refractivity contribution in [2.24, 2.45) is 0 Å². The van der Waals surface area contributed by atoms with Gasteiger partial charge in [-0.05, 0) is 48.9 Å². The maximum Gasteiger partial charge on any atom is 0.416 e. The zero-order valence-corrected chi connectivity index (χ0v) is 15.2. The Kier molecular flexibility index (Phi) is 5.71. The quantitative estimate of drug-likeness (QED) is 0.587. The van der Waals surface area contributed by atoms with Crippen LogP contribution in [0.25, 0.3) is 11.5 Å². The van der Waals surface area contributed by atoms with Gasteiger partial charge in [0, 0.05) is 5.56 Å². The minimum atomic E-state index is -4.46. The monoisotopic (exact) mass is 413 g/mol. The van der Waals surface area contributed by atoms with Gasteiger partial charge in [-0.2, -0.15) is 17.4 Å². The van der Waals surface area contributed by atoms with Crippen molar-refractivity contribution in [3.8, 4) is 23.0 Å². The van der Waals surface area contributed by atoms with Gasteiger partial charge in [0.15, 0.2) is 0 Å². The molecule has 0 fully saturated rings. The topological polar surface area (TPSA) is 81.8 Å². The molecule has 1 heterocycles. The van der Waals surface area contributed by atoms with E-state index >= 15 is 0 Å². The Labute approximate surface area is 160 Å². The van der Waals surface area contributed by atoms with Crippen molar-refractivity contribution in [3.63, 3.8) is 0 Å². The maximum absolute atomic E-state index is 13.0. The fourth-order valence-corrected chi connectivity index (χ4v) is 2.67. The zero-order chi connectivity index (χ0) is 20.3. The summed E-state index contributed by atoms with van der Waals surface area (Å²) in [6.45, 7) is 1.41. The van der Waals surface area contributed by atoms with E-state index in [2.05, 4.69) is 9.17 Å². The Morgan fingerprint density at radius 3 is 2.46 bits per heavy atom. The predicted molar refractivity (Wildman–Crippen MR) is 93.9 cm³/mol. The van der Waals surface area contributed by atoms with Crippen molar-refractivity contribution < 1.29 is 35.3 Å². The SMILES string of the molecule is Cc1ccc(-c2nc(COc3ccc(OS(=O)O)cc3)co2)cc1C(F)(F)F. The van der Waals surface area contributed by atoms with Gasteiger partial charge in [0.1, 0.15) is 30.1 Å². The number of nitrogens with zero attached hydrogens (tertiary/aromatic N) is 1. The standard InChI is InChI=1S/C18H14F3NO5S/c1-11-2-3-12(8-16(11)18(19,20)21)17-22-13(10-26-17)9-25-14-4-6-15(7-5-14)27-28(23)24/h2-8,10H,9H2,1H3,(H,23,24). The number of hydrogen-bond acceptors (Lipinski definition) is 5. The minimum absolute atomic E-state index is 0.0215. The average molecular weight is 413 g/mol. The van der Waals surface area contributed by atoms with Crippen molar-refractivity contribution >= 4 is 11.4 Å². The van der Waals surface area contributed by atoms with Gasteiger partial charge in [-0.15, -0.1) is 0 Å². The van der Waals surface area contributed by atoms with Gasteiger partial charge < -0.3 is 13.3 Å². The Balaban J connectivity index is 1.68. The molecule has 0 aliphatic carbocycles. The van der Waals surface area contributed by atoms with Gasteiger partial charge in [0.25, 0.3) is 0 Å². The van der Waals surface area contributed by atoms with Crippen LogP contribution in [0, 0.1) is 6.92 Å². The number of alkyl halides is 3. The molecular weight excluding hydrogens is 399 g/mol. The Morgan fingerprint density at radius 2 is 1.82 bits per heavy atom. The van der Waals surface area contributed by atoms with Crippen LogP contribution in [0.4, 0.5) is 13.2 Å². The van der Waals surface area contributed by atoms with Crippen LogP contribution < -0.4 is 8.92 Å². The summed E-state index contributed by atoms with van der Waals surface area (Å²) in [7, 11) is 0. The molecule has 2 aromatic carbocycles. The van der Waals surface area contributed by atoms with Gasteiger partial charge >= 0.3 is 17.5 Å². The molecule has 0 spiro atoms. The number of benzene rings is 2. The molecule has 3 aromatic rings. The molecule has 0 amide bonds. The second kappa shape index (κ2) is 8.03. The molecule has 1 unspecified atom stereocenters. The summed E-state index contributed by atoms with van der Waals surface area (Å²) in [6.07, 6.45) is -3.16. The van der Waals surface area contributed by atoms with Crippen LogP contribution in [0.1, 0.15) is 16.8 Å². The molecule has 0 aliphatic heterocycles. The van der Waals surface area contributed by atoms with Crippen LogP contribution >= 0.6 is 0 Å². The highest BCUT2D eigenvalue weighted by Gasteiger charge is 2.32. The van der Waals surface area contributed by atoms with E-state index in [1.165, 1.54) is 49.6 Å². The van der Waals surface area contributed by atoms with Crippen LogP contribution in [0.15, 0.2) is 53.1 Å². The number of oxazole rings is 1. The summed E-state index contributed by atoms with van der Waals surface area (Å²) in [6, 6.07) is 9.81. The second-order valence-electron chi connectivity index (χ2n) is 5.73. The summed E-state index contributed by atoms with van der Waals surface area (Å²) in [5.41, 5.74) is -0.0282. The fraction of sp³-hybridized carbons (Fsp3) is 0.167. The molecule has 0 saturated carbocycles. The summed E-state index contributed by atoms with van der Waals surface area (Å²) in [4.78, 5) is 4.15. The van der Waals surface area contributed by atoms with E-state index in [0.29, 0.717) is 11.4 Å². The molecular formula is C18H14F3NO5S. The fourth-order valence-electron chi connectivity index (χ4n) is 2.40. The molecule has 148 valence electrons. The number of ether oxygens (including phenoxy) is 1. The number of aryl methyl sites for hydroxylation is 1. The van der Waals surface area contributed by atoms with Gasteiger partial charge in [-0.1, -0.05) is 6.07 Å². The van der Waals surface area contributed by atoms with Gasteiger partial charge in [0.05, 0.1) is 5.56 Å². The van der Waals surface area contributed by atoms with E-state index in [4.69, 9.17) is 13.7 Å². The van der Waals surface area contributed by atoms with Gasteiger partial charge in [-0.3, -0.25) is 4.55 Å². The molecule has 28 heavy (non-hydrogen) atoms. The van der Waals surface area contributed by atoms with Crippen LogP contribution in [-0.4, -0.2) is 13.7 Å². The third-order valence-electron chi connectivity index (χ3n) is 3.72. The number of aromatic nitrogens is 1. The third kappa shape index (κ3) is 4.90. The lowest BCUT2D eigenvalue weighted by Gasteiger charge is -2.10. The largest absolute Gasteiger partial charge is 0.487 e. The lowest BCUT2D eigenvalue weighted by Crippen LogP contribution is -2.07. The Bertz CT molecular complexity index is 986. The highest BCUT2D eigenvalue weighted by Crippen LogP contribution is 2.34. The molecule has 3 rings (SSSR count). The zero-order valence-electron chi connectivity index (χ0n) is 14.4. The first kappa shape index (κ1) is 19.9. The summed E-state index contributed by atoms with van der Waals surface area (Å²) in [5.74, 6) is 0.685. The first-order valence-electron chi connectivity index (χ1n) is 7.87. The van der Waals surface area contributed by atoms with Gasteiger partial charge in [0.2, 0.25) is 5.89 Å². The van der Waals surface area contributed by atoms with Crippen LogP contribution in [0.2, 0.25) is 0 Å². The lowest BCUT2D eigenvalue weighted by molar-refractivity contribution is -0.138. The molecule has 0 bridgehead atoms. The normalized spacial score (nSPS) is 12.6. The highest BCUT2D eigenvalue weighted by atomic mass is 32.2. The van der Waals surface area contributed by atoms with Crippen molar-refractivity contribution in [2.75, 3.05) is 0 Å². The second-order valence-corrected chi connectivity index (χ2v) is 6.33. The van der Waals surface area contributed by atoms with E-state index in [1.54, 1.807) is 0 Å². The third-order valence-corrected chi connectivity index (χ3v) is 4.05. The van der Waals surface area contributed by atoms with Crippen LogP contribution in [0.5, 0.6) is 11.5 Å². The van der Waals surface area contributed by atoms with Gasteiger partial charge in [-0.25, -0.2) is 4.98 Å². The molecule has 0 aliphatic rings. The molecule has 6 nitrogen and oxygen atoms in total. The highest BCUT2D eigenvalue weighted by molar-refractivity contribution is 7.74. The molecule has 1 atom stereocenters. The van der Waals surface area contributed by atoms with Crippen LogP contribution in [-0.2, 0) is 24.1 Å². The van der Waals surface area contributed by atoms with E-state index in [1.807, 2.05) is 0 Å². The van der Waals surface area contributed by atoms with E-state index in [-0.39, 0.29) is 29.4 Å². The summed E-state index contributed by atoms with van der Waals surface area (Å²) < 4.78 is 73.7. The maximum atomic E-state index is 13.0. The molecule has 0 saturated heterocycles. The smallest absolute Gasteiger partial charge is 0.416 e. The first-order valence-corrected chi connectivity index (χ1v) is 8.90. The summed E-state index contributed by atoms with van der Waals surface area (Å²) in [5, 5.41) is 0. The Morgan fingerprint density at radius 1 is 1.14 bits per heavy atom. The molecule has 10 heteroatoms. The predicted octanol–water partition coefficient (Wildman–Crippen LogP) is 4.76. The molecule has 0 radical (unpaired) electrons.